The van der Waals surface area contributed by atoms with Crippen molar-refractivity contribution in [1.82, 2.24) is 0 Å². The molecule has 0 bridgehead atoms. The van der Waals surface area contributed by atoms with E-state index < -0.39 is 12.3 Å². The molecule has 0 unspecified atom stereocenters. The highest BCUT2D eigenvalue weighted by atomic mass is 16.7. The smallest absolute Gasteiger partial charge is 0.440 e. The minimum absolute atomic E-state index is 0.422. The third kappa shape index (κ3) is 4.01. The standard InChI is InChI=1S/C27H22N2O3/c30-27-28(23-12-6-2-7-13-23)26(29(32-27)24-14-8-3-9-15-24)22-16-18-25(19-17-22)31-20-21-10-4-1-5-11-21/h1-19,26H,20H2/t26-/m0/s1. The number of amides is 1. The molecule has 1 amide bonds. The number of hydroxylamine groups is 1. The molecule has 0 aliphatic carbocycles. The summed E-state index contributed by atoms with van der Waals surface area (Å²) in [4.78, 5) is 20.3. The number of nitrogens with zero attached hydrogens (tertiary/aromatic N) is 2. The Morgan fingerprint density at radius 2 is 1.25 bits per heavy atom. The number of carbonyl (C=O) groups is 1. The van der Waals surface area contributed by atoms with Gasteiger partial charge in [0.25, 0.3) is 0 Å². The Hall–Kier alpha value is -4.25. The monoisotopic (exact) mass is 422 g/mol. The van der Waals surface area contributed by atoms with Crippen molar-refractivity contribution in [2.75, 3.05) is 9.96 Å². The Bertz CT molecular complexity index is 1170. The third-order valence-electron chi connectivity index (χ3n) is 5.31. The quantitative estimate of drug-likeness (QED) is 0.363. The molecule has 0 radical (unpaired) electrons. The molecule has 1 heterocycles. The van der Waals surface area contributed by atoms with Gasteiger partial charge in [0.1, 0.15) is 12.4 Å². The highest BCUT2D eigenvalue weighted by Gasteiger charge is 2.42. The molecule has 0 saturated carbocycles. The topological polar surface area (TPSA) is 42.0 Å². The number of hydrogen-bond donors (Lipinski definition) is 0. The van der Waals surface area contributed by atoms with Gasteiger partial charge in [-0.3, -0.25) is 0 Å². The fourth-order valence-corrected chi connectivity index (χ4v) is 3.75. The lowest BCUT2D eigenvalue weighted by Gasteiger charge is -2.27. The van der Waals surface area contributed by atoms with Crippen molar-refractivity contribution in [3.63, 3.8) is 0 Å². The number of carbonyl (C=O) groups excluding carboxylic acids is 1. The number of rotatable bonds is 6. The maximum Gasteiger partial charge on any atom is 0.440 e. The first-order chi connectivity index (χ1) is 15.8. The second-order valence-electron chi connectivity index (χ2n) is 7.44. The van der Waals surface area contributed by atoms with Crippen LogP contribution in [0.3, 0.4) is 0 Å². The molecule has 1 atom stereocenters. The average Bonchev–Trinajstić information content (AvgIpc) is 3.22. The van der Waals surface area contributed by atoms with Crippen molar-refractivity contribution < 1.29 is 14.4 Å². The van der Waals surface area contributed by atoms with Gasteiger partial charge in [0, 0.05) is 5.69 Å². The first kappa shape index (κ1) is 19.7. The molecule has 4 aromatic carbocycles. The first-order valence-corrected chi connectivity index (χ1v) is 10.5. The number of anilines is 2. The average molecular weight is 422 g/mol. The Balaban J connectivity index is 1.45. The van der Waals surface area contributed by atoms with E-state index in [2.05, 4.69) is 0 Å². The summed E-state index contributed by atoms with van der Waals surface area (Å²) in [5, 5.41) is 1.65. The summed E-state index contributed by atoms with van der Waals surface area (Å²) < 4.78 is 5.93. The second kappa shape index (κ2) is 8.86. The Morgan fingerprint density at radius 3 is 1.88 bits per heavy atom. The Kier molecular flexibility index (Phi) is 5.45. The first-order valence-electron chi connectivity index (χ1n) is 10.5. The van der Waals surface area contributed by atoms with Gasteiger partial charge in [-0.05, 0) is 47.5 Å². The summed E-state index contributed by atoms with van der Waals surface area (Å²) in [6.07, 6.45) is -0.870. The van der Waals surface area contributed by atoms with Gasteiger partial charge in [-0.25, -0.2) is 9.69 Å². The molecule has 1 aliphatic rings. The number of hydrogen-bond acceptors (Lipinski definition) is 4. The van der Waals surface area contributed by atoms with Gasteiger partial charge < -0.3 is 9.57 Å². The van der Waals surface area contributed by atoms with Crippen molar-refractivity contribution in [1.29, 1.82) is 0 Å². The van der Waals surface area contributed by atoms with Crippen LogP contribution in [0.1, 0.15) is 17.3 Å². The molecule has 1 aliphatic heterocycles. The zero-order chi connectivity index (χ0) is 21.8. The van der Waals surface area contributed by atoms with E-state index in [1.807, 2.05) is 115 Å². The van der Waals surface area contributed by atoms with Gasteiger partial charge in [-0.15, -0.1) is 0 Å². The minimum atomic E-state index is -0.449. The van der Waals surface area contributed by atoms with Gasteiger partial charge in [0.2, 0.25) is 0 Å². The zero-order valence-electron chi connectivity index (χ0n) is 17.4. The molecule has 5 nitrogen and oxygen atoms in total. The lowest BCUT2D eigenvalue weighted by Crippen LogP contribution is -2.31. The zero-order valence-corrected chi connectivity index (χ0v) is 17.4. The van der Waals surface area contributed by atoms with Crippen LogP contribution >= 0.6 is 0 Å². The van der Waals surface area contributed by atoms with Crippen LogP contribution in [0.2, 0.25) is 0 Å². The van der Waals surface area contributed by atoms with Crippen molar-refractivity contribution in [2.24, 2.45) is 0 Å². The summed E-state index contributed by atoms with van der Waals surface area (Å²) in [6.45, 7) is 0.498. The molecule has 0 N–H and O–H groups in total. The molecule has 1 saturated heterocycles. The van der Waals surface area contributed by atoms with E-state index in [1.165, 1.54) is 0 Å². The number of para-hydroxylation sites is 2. The maximum absolute atomic E-state index is 12.9. The van der Waals surface area contributed by atoms with Crippen molar-refractivity contribution in [3.05, 3.63) is 126 Å². The number of benzene rings is 4. The van der Waals surface area contributed by atoms with Crippen LogP contribution in [-0.2, 0) is 11.4 Å². The second-order valence-corrected chi connectivity index (χ2v) is 7.44. The summed E-state index contributed by atoms with van der Waals surface area (Å²) >= 11 is 0. The van der Waals surface area contributed by atoms with Gasteiger partial charge in [-0.1, -0.05) is 78.9 Å². The molecule has 0 spiro atoms. The van der Waals surface area contributed by atoms with Gasteiger partial charge in [0.05, 0.1) is 5.69 Å². The van der Waals surface area contributed by atoms with Crippen LogP contribution in [-0.4, -0.2) is 6.09 Å². The lowest BCUT2D eigenvalue weighted by atomic mass is 10.1. The van der Waals surface area contributed by atoms with E-state index in [9.17, 15) is 4.79 Å². The van der Waals surface area contributed by atoms with Crippen molar-refractivity contribution >= 4 is 17.5 Å². The fourth-order valence-electron chi connectivity index (χ4n) is 3.75. The fraction of sp³-hybridized carbons (Fsp3) is 0.0741. The molecule has 1 fully saturated rings. The Labute approximate surface area is 187 Å². The molecule has 0 aromatic heterocycles. The van der Waals surface area contributed by atoms with Gasteiger partial charge in [-0.2, -0.15) is 5.06 Å². The molecular weight excluding hydrogens is 400 g/mol. The Morgan fingerprint density at radius 1 is 0.688 bits per heavy atom. The summed E-state index contributed by atoms with van der Waals surface area (Å²) in [6, 6.07) is 37.0. The van der Waals surface area contributed by atoms with E-state index in [1.54, 1.807) is 9.96 Å². The normalized spacial score (nSPS) is 15.5. The molecular formula is C27H22N2O3. The summed E-state index contributed by atoms with van der Waals surface area (Å²) in [5.74, 6) is 0.764. The van der Waals surface area contributed by atoms with Crippen LogP contribution in [0.5, 0.6) is 5.75 Å². The molecule has 158 valence electrons. The molecule has 5 rings (SSSR count). The van der Waals surface area contributed by atoms with Crippen LogP contribution in [0.15, 0.2) is 115 Å². The third-order valence-corrected chi connectivity index (χ3v) is 5.31. The van der Waals surface area contributed by atoms with Crippen LogP contribution < -0.4 is 14.7 Å². The minimum Gasteiger partial charge on any atom is -0.489 e. The molecule has 32 heavy (non-hydrogen) atoms. The SMILES string of the molecule is O=C1ON(c2ccccc2)[C@@H](c2ccc(OCc3ccccc3)cc2)N1c1ccccc1. The van der Waals surface area contributed by atoms with E-state index in [0.29, 0.717) is 6.61 Å². The van der Waals surface area contributed by atoms with Gasteiger partial charge in [0.15, 0.2) is 6.17 Å². The highest BCUT2D eigenvalue weighted by Crippen LogP contribution is 2.39. The van der Waals surface area contributed by atoms with Crippen LogP contribution in [0, 0.1) is 0 Å². The molecule has 4 aromatic rings. The highest BCUT2D eigenvalue weighted by molar-refractivity contribution is 5.92. The lowest BCUT2D eigenvalue weighted by molar-refractivity contribution is 0.164. The van der Waals surface area contributed by atoms with E-state index in [4.69, 9.17) is 9.57 Å². The van der Waals surface area contributed by atoms with Gasteiger partial charge >= 0.3 is 6.09 Å². The van der Waals surface area contributed by atoms with Crippen LogP contribution in [0.4, 0.5) is 16.2 Å². The van der Waals surface area contributed by atoms with Crippen molar-refractivity contribution in [3.8, 4) is 5.75 Å². The van der Waals surface area contributed by atoms with E-state index in [0.717, 1.165) is 28.3 Å². The van der Waals surface area contributed by atoms with E-state index in [-0.39, 0.29) is 0 Å². The number of ether oxygens (including phenoxy) is 1. The van der Waals surface area contributed by atoms with Crippen LogP contribution in [0.25, 0.3) is 0 Å². The maximum atomic E-state index is 12.9. The molecule has 5 heteroatoms. The largest absolute Gasteiger partial charge is 0.489 e. The predicted molar refractivity (Wildman–Crippen MR) is 124 cm³/mol. The van der Waals surface area contributed by atoms with Crippen molar-refractivity contribution in [2.45, 2.75) is 12.8 Å². The van der Waals surface area contributed by atoms with E-state index >= 15 is 0 Å². The predicted octanol–water partition coefficient (Wildman–Crippen LogP) is 6.34. The summed E-state index contributed by atoms with van der Waals surface area (Å²) in [7, 11) is 0. The summed E-state index contributed by atoms with van der Waals surface area (Å²) in [5.41, 5.74) is 3.59.